The van der Waals surface area contributed by atoms with Gasteiger partial charge < -0.3 is 0 Å². The van der Waals surface area contributed by atoms with Crippen LogP contribution < -0.4 is 4.57 Å². The van der Waals surface area contributed by atoms with Crippen molar-refractivity contribution < 1.29 is 4.57 Å². The Labute approximate surface area is 85.7 Å². The first-order valence-corrected chi connectivity index (χ1v) is 4.69. The van der Waals surface area contributed by atoms with Gasteiger partial charge in [0.15, 0.2) is 12.4 Å². The van der Waals surface area contributed by atoms with Gasteiger partial charge in [-0.15, -0.1) is 0 Å². The number of allylic oxidation sites excluding steroid dienone is 5. The Balaban J connectivity index is 3.05. The highest BCUT2D eigenvalue weighted by Gasteiger charge is 1.98. The first-order valence-electron chi connectivity index (χ1n) is 4.69. The first kappa shape index (κ1) is 10.5. The molecule has 0 radical (unpaired) electrons. The van der Waals surface area contributed by atoms with Crippen LogP contribution in [0, 0.1) is 0 Å². The standard InChI is InChI=1S/C13H16N/c1-4-6-12(7-5-2)13-8-10-14(3)11-9-13/h4-11H,1H2,2-3H3/q+1/b7-5-,12-6+. The van der Waals surface area contributed by atoms with Gasteiger partial charge in [0.1, 0.15) is 7.05 Å². The summed E-state index contributed by atoms with van der Waals surface area (Å²) in [5, 5.41) is 0. The second kappa shape index (κ2) is 5.18. The Bertz CT molecular complexity index is 355. The van der Waals surface area contributed by atoms with Crippen LogP contribution in [-0.4, -0.2) is 0 Å². The summed E-state index contributed by atoms with van der Waals surface area (Å²) in [5.74, 6) is 0. The van der Waals surface area contributed by atoms with E-state index in [9.17, 15) is 0 Å². The van der Waals surface area contributed by atoms with Crippen LogP contribution in [0.4, 0.5) is 0 Å². The third-order valence-corrected chi connectivity index (χ3v) is 1.96. The smallest absolute Gasteiger partial charge is 0.169 e. The van der Waals surface area contributed by atoms with Gasteiger partial charge in [0.25, 0.3) is 0 Å². The van der Waals surface area contributed by atoms with Gasteiger partial charge in [-0.3, -0.25) is 0 Å². The van der Waals surface area contributed by atoms with Crippen LogP contribution in [0.1, 0.15) is 12.5 Å². The molecule has 0 atom stereocenters. The minimum atomic E-state index is 1.18. The average Bonchev–Trinajstić information content (AvgIpc) is 2.19. The van der Waals surface area contributed by atoms with Gasteiger partial charge >= 0.3 is 0 Å². The van der Waals surface area contributed by atoms with Crippen molar-refractivity contribution in [1.29, 1.82) is 0 Å². The molecule has 14 heavy (non-hydrogen) atoms. The largest absolute Gasteiger partial charge is 0.208 e. The number of hydrogen-bond donors (Lipinski definition) is 0. The monoisotopic (exact) mass is 186 g/mol. The molecule has 1 rings (SSSR count). The lowest BCUT2D eigenvalue weighted by Crippen LogP contribution is -2.25. The fourth-order valence-corrected chi connectivity index (χ4v) is 1.25. The molecule has 0 fully saturated rings. The lowest BCUT2D eigenvalue weighted by Gasteiger charge is -1.99. The molecule has 0 saturated carbocycles. The second-order valence-corrected chi connectivity index (χ2v) is 3.11. The van der Waals surface area contributed by atoms with Crippen molar-refractivity contribution in [3.63, 3.8) is 0 Å². The van der Waals surface area contributed by atoms with Crippen LogP contribution in [0.5, 0.6) is 0 Å². The highest BCUT2D eigenvalue weighted by atomic mass is 14.9. The highest BCUT2D eigenvalue weighted by Crippen LogP contribution is 2.14. The van der Waals surface area contributed by atoms with E-state index in [1.807, 2.05) is 49.2 Å². The number of nitrogens with zero attached hydrogens (tertiary/aromatic N) is 1. The van der Waals surface area contributed by atoms with E-state index in [1.54, 1.807) is 0 Å². The van der Waals surface area contributed by atoms with Crippen molar-refractivity contribution in [3.05, 3.63) is 61.0 Å². The molecule has 0 aromatic carbocycles. The van der Waals surface area contributed by atoms with Crippen LogP contribution in [0.2, 0.25) is 0 Å². The molecule has 1 heteroatoms. The summed E-state index contributed by atoms with van der Waals surface area (Å²) in [5.41, 5.74) is 2.39. The first-order chi connectivity index (χ1) is 6.77. The molecule has 1 nitrogen and oxygen atoms in total. The van der Waals surface area contributed by atoms with Crippen LogP contribution in [0.3, 0.4) is 0 Å². The summed E-state index contributed by atoms with van der Waals surface area (Å²) in [6, 6.07) is 4.19. The van der Waals surface area contributed by atoms with E-state index in [-0.39, 0.29) is 0 Å². The van der Waals surface area contributed by atoms with Gasteiger partial charge in [-0.05, 0) is 18.1 Å². The normalized spacial score (nSPS) is 12.0. The van der Waals surface area contributed by atoms with Crippen molar-refractivity contribution in [3.8, 4) is 0 Å². The molecule has 0 aliphatic carbocycles. The number of rotatable bonds is 3. The van der Waals surface area contributed by atoms with Gasteiger partial charge in [-0.1, -0.05) is 30.9 Å². The molecule has 0 unspecified atom stereocenters. The third-order valence-electron chi connectivity index (χ3n) is 1.96. The average molecular weight is 186 g/mol. The minimum absolute atomic E-state index is 1.18. The maximum absolute atomic E-state index is 3.71. The van der Waals surface area contributed by atoms with E-state index in [0.29, 0.717) is 0 Å². The summed E-state index contributed by atoms with van der Waals surface area (Å²) < 4.78 is 2.02. The maximum Gasteiger partial charge on any atom is 0.169 e. The third kappa shape index (κ3) is 2.70. The maximum atomic E-state index is 3.71. The van der Waals surface area contributed by atoms with Gasteiger partial charge in [0.05, 0.1) is 0 Å². The van der Waals surface area contributed by atoms with Crippen molar-refractivity contribution in [1.82, 2.24) is 0 Å². The molecule has 0 N–H and O–H groups in total. The Morgan fingerprint density at radius 2 is 2.00 bits per heavy atom. The molecular formula is C13H16N+. The van der Waals surface area contributed by atoms with Crippen LogP contribution in [0.15, 0.2) is 55.4 Å². The van der Waals surface area contributed by atoms with Gasteiger partial charge in [0, 0.05) is 12.1 Å². The summed E-state index contributed by atoms with van der Waals surface area (Å²) in [6.45, 7) is 5.72. The number of pyridine rings is 1. The van der Waals surface area contributed by atoms with E-state index < -0.39 is 0 Å². The van der Waals surface area contributed by atoms with E-state index in [0.717, 1.165) is 0 Å². The molecule has 72 valence electrons. The van der Waals surface area contributed by atoms with Crippen molar-refractivity contribution in [2.75, 3.05) is 0 Å². The predicted molar refractivity (Wildman–Crippen MR) is 60.6 cm³/mol. The van der Waals surface area contributed by atoms with Crippen molar-refractivity contribution in [2.45, 2.75) is 6.92 Å². The molecule has 0 saturated heterocycles. The Kier molecular flexibility index (Phi) is 3.86. The van der Waals surface area contributed by atoms with Crippen molar-refractivity contribution >= 4 is 5.57 Å². The fourth-order valence-electron chi connectivity index (χ4n) is 1.25. The topological polar surface area (TPSA) is 3.88 Å². The molecule has 0 spiro atoms. The molecule has 0 bridgehead atoms. The second-order valence-electron chi connectivity index (χ2n) is 3.11. The quantitative estimate of drug-likeness (QED) is 0.504. The molecule has 1 aromatic rings. The highest BCUT2D eigenvalue weighted by molar-refractivity contribution is 5.74. The number of aryl methyl sites for hydroxylation is 1. The summed E-state index contributed by atoms with van der Waals surface area (Å²) >= 11 is 0. The van der Waals surface area contributed by atoms with Gasteiger partial charge in [0.2, 0.25) is 0 Å². The van der Waals surface area contributed by atoms with E-state index >= 15 is 0 Å². The van der Waals surface area contributed by atoms with E-state index in [2.05, 4.69) is 24.8 Å². The number of aromatic nitrogens is 1. The molecule has 0 aliphatic rings. The molecule has 0 aliphatic heterocycles. The van der Waals surface area contributed by atoms with Gasteiger partial charge in [-0.2, -0.15) is 0 Å². The molecule has 1 aromatic heterocycles. The summed E-state index contributed by atoms with van der Waals surface area (Å²) in [6.07, 6.45) is 12.0. The molecular weight excluding hydrogens is 170 g/mol. The van der Waals surface area contributed by atoms with Crippen LogP contribution in [0.25, 0.3) is 5.57 Å². The Morgan fingerprint density at radius 1 is 1.36 bits per heavy atom. The zero-order valence-electron chi connectivity index (χ0n) is 8.77. The lowest BCUT2D eigenvalue weighted by atomic mass is 10.1. The van der Waals surface area contributed by atoms with Crippen LogP contribution in [-0.2, 0) is 7.05 Å². The molecule has 0 amide bonds. The van der Waals surface area contributed by atoms with Crippen LogP contribution >= 0.6 is 0 Å². The van der Waals surface area contributed by atoms with E-state index in [4.69, 9.17) is 0 Å². The minimum Gasteiger partial charge on any atom is -0.208 e. The Hall–Kier alpha value is -1.63. The van der Waals surface area contributed by atoms with Crippen molar-refractivity contribution in [2.24, 2.45) is 7.05 Å². The lowest BCUT2D eigenvalue weighted by molar-refractivity contribution is -0.671. The molecule has 1 heterocycles. The zero-order valence-corrected chi connectivity index (χ0v) is 8.77. The SMILES string of the molecule is C=C/C=C(\C=C/C)c1cc[n+](C)cc1. The predicted octanol–water partition coefficient (Wildman–Crippen LogP) is 2.66. The fraction of sp³-hybridized carbons (Fsp3) is 0.154. The zero-order chi connectivity index (χ0) is 10.4. The Morgan fingerprint density at radius 3 is 2.50 bits per heavy atom. The summed E-state index contributed by atoms with van der Waals surface area (Å²) in [7, 11) is 2.01. The van der Waals surface area contributed by atoms with E-state index in [1.165, 1.54) is 11.1 Å². The summed E-state index contributed by atoms with van der Waals surface area (Å²) in [4.78, 5) is 0. The van der Waals surface area contributed by atoms with Gasteiger partial charge in [-0.25, -0.2) is 4.57 Å². The number of hydrogen-bond acceptors (Lipinski definition) is 0.